The Bertz CT molecular complexity index is 1490. The predicted molar refractivity (Wildman–Crippen MR) is 143 cm³/mol. The van der Waals surface area contributed by atoms with E-state index in [4.69, 9.17) is 10.4 Å². The van der Waals surface area contributed by atoms with E-state index in [2.05, 4.69) is 26.3 Å². The minimum atomic E-state index is -0.201. The summed E-state index contributed by atoms with van der Waals surface area (Å²) in [6, 6.07) is 15.0. The normalized spacial score (nSPS) is 14.5. The van der Waals surface area contributed by atoms with Gasteiger partial charge in [0.25, 0.3) is 0 Å². The lowest BCUT2D eigenvalue weighted by molar-refractivity contribution is 0.249. The average molecular weight is 495 g/mol. The first-order valence-corrected chi connectivity index (χ1v) is 12.1. The van der Waals surface area contributed by atoms with Crippen LogP contribution in [0.5, 0.6) is 0 Å². The zero-order chi connectivity index (χ0) is 25.8. The third-order valence-electron chi connectivity index (χ3n) is 6.57. The van der Waals surface area contributed by atoms with Gasteiger partial charge in [0.1, 0.15) is 17.7 Å². The molecule has 1 aliphatic heterocycles. The number of nitriles is 1. The highest BCUT2D eigenvalue weighted by Gasteiger charge is 2.19. The van der Waals surface area contributed by atoms with Crippen molar-refractivity contribution >= 4 is 23.1 Å². The van der Waals surface area contributed by atoms with E-state index in [1.54, 1.807) is 36.1 Å². The number of rotatable bonds is 7. The van der Waals surface area contributed by atoms with Gasteiger partial charge in [0.2, 0.25) is 0 Å². The van der Waals surface area contributed by atoms with E-state index in [1.165, 1.54) is 12.3 Å². The Morgan fingerprint density at radius 2 is 2.00 bits per heavy atom. The number of nitrogens with zero attached hydrogens (tertiary/aromatic N) is 6. The lowest BCUT2D eigenvalue weighted by atomic mass is 10.0. The fraction of sp³-hybridized carbons (Fsp3) is 0.214. The number of aromatic nitrogens is 3. The second-order valence-electron chi connectivity index (χ2n) is 8.94. The van der Waals surface area contributed by atoms with Gasteiger partial charge in [-0.05, 0) is 35.9 Å². The molecule has 4 aromatic rings. The standard InChI is InChI=1S/C28H27FN8/c1-32-15-23(13-30)22-12-26(28-24(14-31)17-34-37(28)19-22)21-5-6-27(33-16-21)36-9-7-35(8-10-36)18-20-3-2-4-25(29)11-20/h2-6,11-13,15-17,19,30,32H,7-10,18H2,1H3/b23-15+,30-13?. The molecule has 3 aromatic heterocycles. The number of nitrogens with one attached hydrogen (secondary N) is 2. The van der Waals surface area contributed by atoms with Gasteiger partial charge < -0.3 is 15.6 Å². The SMILES string of the molecule is CN/C=C(\C=N)c1cc(-c2ccc(N3CCN(Cc4cccc(F)c4)CC3)nc2)c2c(C#N)cnn2c1. The summed E-state index contributed by atoms with van der Waals surface area (Å²) in [5.74, 6) is 0.693. The Morgan fingerprint density at radius 1 is 1.16 bits per heavy atom. The molecule has 0 aliphatic carbocycles. The molecule has 0 atom stereocenters. The van der Waals surface area contributed by atoms with Crippen LogP contribution in [0.15, 0.2) is 67.3 Å². The molecule has 0 saturated carbocycles. The molecule has 37 heavy (non-hydrogen) atoms. The highest BCUT2D eigenvalue weighted by molar-refractivity contribution is 6.08. The average Bonchev–Trinajstić information content (AvgIpc) is 3.35. The predicted octanol–water partition coefficient (Wildman–Crippen LogP) is 3.94. The number of fused-ring (bicyclic) bond motifs is 1. The van der Waals surface area contributed by atoms with Crippen LogP contribution in [0.3, 0.4) is 0 Å². The zero-order valence-corrected chi connectivity index (χ0v) is 20.5. The van der Waals surface area contributed by atoms with E-state index in [9.17, 15) is 9.65 Å². The summed E-state index contributed by atoms with van der Waals surface area (Å²) in [4.78, 5) is 9.32. The summed E-state index contributed by atoms with van der Waals surface area (Å²) < 4.78 is 15.2. The molecular weight excluding hydrogens is 467 g/mol. The third-order valence-corrected chi connectivity index (χ3v) is 6.57. The van der Waals surface area contributed by atoms with E-state index < -0.39 is 0 Å². The van der Waals surface area contributed by atoms with Gasteiger partial charge >= 0.3 is 0 Å². The molecule has 0 bridgehead atoms. The first-order chi connectivity index (χ1) is 18.1. The summed E-state index contributed by atoms with van der Waals surface area (Å²) in [5.41, 5.74) is 5.37. The van der Waals surface area contributed by atoms with Crippen LogP contribution in [0.2, 0.25) is 0 Å². The number of hydrogen-bond donors (Lipinski definition) is 2. The number of pyridine rings is 2. The lowest BCUT2D eigenvalue weighted by Gasteiger charge is -2.35. The molecule has 186 valence electrons. The van der Waals surface area contributed by atoms with Crippen molar-refractivity contribution in [2.45, 2.75) is 6.54 Å². The molecule has 8 nitrogen and oxygen atoms in total. The maximum Gasteiger partial charge on any atom is 0.128 e. The van der Waals surface area contributed by atoms with Crippen molar-refractivity contribution in [2.24, 2.45) is 0 Å². The van der Waals surface area contributed by atoms with E-state index in [0.29, 0.717) is 16.7 Å². The molecule has 0 spiro atoms. The Morgan fingerprint density at radius 3 is 2.68 bits per heavy atom. The van der Waals surface area contributed by atoms with Crippen molar-refractivity contribution in [1.82, 2.24) is 24.8 Å². The van der Waals surface area contributed by atoms with E-state index in [0.717, 1.165) is 60.8 Å². The number of hydrogen-bond acceptors (Lipinski definition) is 7. The Balaban J connectivity index is 1.37. The highest BCUT2D eigenvalue weighted by atomic mass is 19.1. The van der Waals surface area contributed by atoms with Crippen LogP contribution in [0, 0.1) is 22.6 Å². The van der Waals surface area contributed by atoms with Crippen molar-refractivity contribution in [2.75, 3.05) is 38.1 Å². The Hall–Kier alpha value is -4.55. The number of halogens is 1. The second-order valence-corrected chi connectivity index (χ2v) is 8.94. The van der Waals surface area contributed by atoms with Gasteiger partial charge in [0.15, 0.2) is 0 Å². The van der Waals surface area contributed by atoms with Crippen molar-refractivity contribution < 1.29 is 4.39 Å². The summed E-state index contributed by atoms with van der Waals surface area (Å²) in [6.07, 6.45) is 8.24. The minimum Gasteiger partial charge on any atom is -0.393 e. The fourth-order valence-electron chi connectivity index (χ4n) is 4.71. The maximum absolute atomic E-state index is 13.5. The van der Waals surface area contributed by atoms with Crippen LogP contribution >= 0.6 is 0 Å². The van der Waals surface area contributed by atoms with Gasteiger partial charge in [0, 0.05) is 86.8 Å². The van der Waals surface area contributed by atoms with E-state index in [1.807, 2.05) is 36.7 Å². The molecule has 1 fully saturated rings. The molecule has 1 aromatic carbocycles. The summed E-state index contributed by atoms with van der Waals surface area (Å²) >= 11 is 0. The van der Waals surface area contributed by atoms with Gasteiger partial charge in [-0.15, -0.1) is 0 Å². The van der Waals surface area contributed by atoms with Crippen molar-refractivity contribution in [1.29, 1.82) is 10.7 Å². The van der Waals surface area contributed by atoms with Crippen LogP contribution in [-0.4, -0.2) is 58.9 Å². The number of anilines is 1. The molecule has 0 amide bonds. The fourth-order valence-corrected chi connectivity index (χ4v) is 4.71. The second kappa shape index (κ2) is 10.6. The number of piperazine rings is 1. The summed E-state index contributed by atoms with van der Waals surface area (Å²) in [5, 5.41) is 24.8. The van der Waals surface area contributed by atoms with Gasteiger partial charge in [-0.3, -0.25) is 4.90 Å². The van der Waals surface area contributed by atoms with Crippen molar-refractivity contribution in [3.63, 3.8) is 0 Å². The Labute approximate surface area is 214 Å². The van der Waals surface area contributed by atoms with Crippen LogP contribution in [0.1, 0.15) is 16.7 Å². The molecule has 9 heteroatoms. The van der Waals surface area contributed by atoms with Crippen LogP contribution in [-0.2, 0) is 6.54 Å². The van der Waals surface area contributed by atoms with Gasteiger partial charge in [-0.2, -0.15) is 10.4 Å². The molecule has 4 heterocycles. The Kier molecular flexibility index (Phi) is 6.92. The summed E-state index contributed by atoms with van der Waals surface area (Å²) in [7, 11) is 1.79. The largest absolute Gasteiger partial charge is 0.393 e. The monoisotopic (exact) mass is 494 g/mol. The molecule has 1 saturated heterocycles. The third kappa shape index (κ3) is 5.06. The molecular formula is C28H27FN8. The smallest absolute Gasteiger partial charge is 0.128 e. The number of benzene rings is 1. The highest BCUT2D eigenvalue weighted by Crippen LogP contribution is 2.30. The lowest BCUT2D eigenvalue weighted by Crippen LogP contribution is -2.46. The molecule has 2 N–H and O–H groups in total. The minimum absolute atomic E-state index is 0.201. The van der Waals surface area contributed by atoms with Crippen LogP contribution < -0.4 is 10.2 Å². The van der Waals surface area contributed by atoms with Crippen molar-refractivity contribution in [3.8, 4) is 17.2 Å². The number of allylic oxidation sites excluding steroid dienone is 1. The van der Waals surface area contributed by atoms with E-state index in [-0.39, 0.29) is 5.82 Å². The topological polar surface area (TPSA) is 96.3 Å². The van der Waals surface area contributed by atoms with Gasteiger partial charge in [-0.1, -0.05) is 12.1 Å². The summed E-state index contributed by atoms with van der Waals surface area (Å²) in [6.45, 7) is 4.14. The van der Waals surface area contributed by atoms with Crippen LogP contribution in [0.4, 0.5) is 10.2 Å². The van der Waals surface area contributed by atoms with Gasteiger partial charge in [0.05, 0.1) is 17.3 Å². The van der Waals surface area contributed by atoms with Crippen LogP contribution in [0.25, 0.3) is 22.2 Å². The van der Waals surface area contributed by atoms with E-state index >= 15 is 0 Å². The molecule has 1 aliphatic rings. The van der Waals surface area contributed by atoms with Crippen molar-refractivity contribution in [3.05, 3.63) is 89.8 Å². The molecule has 5 rings (SSSR count). The first-order valence-electron chi connectivity index (χ1n) is 12.1. The molecule has 0 radical (unpaired) electrons. The maximum atomic E-state index is 13.5. The quantitative estimate of drug-likeness (QED) is 0.378. The zero-order valence-electron chi connectivity index (χ0n) is 20.5. The first kappa shape index (κ1) is 24.2. The molecule has 0 unspecified atom stereocenters. The van der Waals surface area contributed by atoms with Gasteiger partial charge in [-0.25, -0.2) is 13.9 Å².